The molecule has 0 bridgehead atoms. The van der Waals surface area contributed by atoms with Gasteiger partial charge >= 0.3 is 0 Å². The first-order chi connectivity index (χ1) is 14.9. The average molecular weight is 441 g/mol. The van der Waals surface area contributed by atoms with Crippen molar-refractivity contribution < 1.29 is 17.6 Å². The van der Waals surface area contributed by atoms with Crippen LogP contribution in [0.2, 0.25) is 0 Å². The van der Waals surface area contributed by atoms with E-state index >= 15 is 0 Å². The monoisotopic (exact) mass is 440 g/mol. The summed E-state index contributed by atoms with van der Waals surface area (Å²) in [5.74, 6) is 0.885. The molecule has 0 aliphatic carbocycles. The van der Waals surface area contributed by atoms with Gasteiger partial charge in [-0.3, -0.25) is 4.79 Å². The molecule has 5 rings (SSSR count). The predicted molar refractivity (Wildman–Crippen MR) is 115 cm³/mol. The Labute approximate surface area is 181 Å². The second-order valence-electron chi connectivity index (χ2n) is 8.12. The third kappa shape index (κ3) is 3.28. The van der Waals surface area contributed by atoms with E-state index in [9.17, 15) is 13.2 Å². The molecule has 1 amide bonds. The molecule has 1 aromatic carbocycles. The van der Waals surface area contributed by atoms with E-state index in [0.29, 0.717) is 44.8 Å². The molecule has 0 saturated carbocycles. The molecular weight excluding hydrogens is 416 g/mol. The van der Waals surface area contributed by atoms with Crippen molar-refractivity contribution in [1.29, 1.82) is 0 Å². The second kappa shape index (κ2) is 7.35. The highest BCUT2D eigenvalue weighted by atomic mass is 32.2. The van der Waals surface area contributed by atoms with Gasteiger partial charge in [-0.1, -0.05) is 30.3 Å². The van der Waals surface area contributed by atoms with E-state index < -0.39 is 15.6 Å². The lowest BCUT2D eigenvalue weighted by atomic mass is 9.85. The lowest BCUT2D eigenvalue weighted by Crippen LogP contribution is -2.59. The highest BCUT2D eigenvalue weighted by molar-refractivity contribution is 7.88. The van der Waals surface area contributed by atoms with Crippen LogP contribution in [0.3, 0.4) is 0 Å². The average Bonchev–Trinajstić information content (AvgIpc) is 3.45. The van der Waals surface area contributed by atoms with Gasteiger partial charge in [-0.05, 0) is 30.5 Å². The Hall–Kier alpha value is -2.91. The van der Waals surface area contributed by atoms with Crippen LogP contribution in [-0.4, -0.2) is 59.0 Å². The van der Waals surface area contributed by atoms with Gasteiger partial charge in [-0.25, -0.2) is 13.4 Å². The third-order valence-corrected chi connectivity index (χ3v) is 7.69. The summed E-state index contributed by atoms with van der Waals surface area (Å²) in [5.41, 5.74) is 1.27. The van der Waals surface area contributed by atoms with E-state index in [2.05, 4.69) is 4.57 Å². The van der Waals surface area contributed by atoms with Gasteiger partial charge in [0.2, 0.25) is 10.0 Å². The Morgan fingerprint density at radius 3 is 2.42 bits per heavy atom. The van der Waals surface area contributed by atoms with Crippen molar-refractivity contribution in [3.8, 4) is 11.3 Å². The van der Waals surface area contributed by atoms with E-state index in [0.717, 1.165) is 17.1 Å². The third-order valence-electron chi connectivity index (χ3n) is 6.36. The summed E-state index contributed by atoms with van der Waals surface area (Å²) in [6, 6.07) is 13.3. The predicted octanol–water partition coefficient (Wildman–Crippen LogP) is 2.55. The standard InChI is InChI=1S/C22H24N4O4S/c1-31(28,29)26-14-13-25-18(17-6-3-2-4-7-17)16-23-21(25)22(26)9-11-24(12-10-22)20(27)19-8-5-15-30-19/h2-8,15-16H,9-14H2,1H3. The zero-order valence-electron chi connectivity index (χ0n) is 17.3. The van der Waals surface area contributed by atoms with Crippen molar-refractivity contribution in [2.75, 3.05) is 25.9 Å². The van der Waals surface area contributed by atoms with Crippen molar-refractivity contribution in [2.45, 2.75) is 24.9 Å². The first-order valence-electron chi connectivity index (χ1n) is 10.3. The molecule has 1 fully saturated rings. The number of carbonyl (C=O) groups is 1. The quantitative estimate of drug-likeness (QED) is 0.625. The van der Waals surface area contributed by atoms with E-state index in [-0.39, 0.29) is 5.91 Å². The number of nitrogens with zero attached hydrogens (tertiary/aromatic N) is 4. The van der Waals surface area contributed by atoms with Crippen LogP contribution >= 0.6 is 0 Å². The molecule has 1 saturated heterocycles. The zero-order valence-corrected chi connectivity index (χ0v) is 18.1. The summed E-state index contributed by atoms with van der Waals surface area (Å²) in [5, 5.41) is 0. The fourth-order valence-corrected chi connectivity index (χ4v) is 6.23. The van der Waals surface area contributed by atoms with Gasteiger partial charge in [0.15, 0.2) is 5.76 Å². The molecule has 8 nitrogen and oxygen atoms in total. The second-order valence-corrected chi connectivity index (χ2v) is 10.0. The molecule has 0 atom stereocenters. The summed E-state index contributed by atoms with van der Waals surface area (Å²) >= 11 is 0. The highest BCUT2D eigenvalue weighted by Crippen LogP contribution is 2.43. The smallest absolute Gasteiger partial charge is 0.289 e. The Bertz CT molecular complexity index is 1190. The van der Waals surface area contributed by atoms with Gasteiger partial charge in [-0.2, -0.15) is 4.31 Å². The SMILES string of the molecule is CS(=O)(=O)N1CCn2c(-c3ccccc3)cnc2C12CCN(C(=O)c1ccco1)CC2. The van der Waals surface area contributed by atoms with Crippen LogP contribution in [0.4, 0.5) is 0 Å². The molecule has 0 radical (unpaired) electrons. The molecule has 162 valence electrons. The topological polar surface area (TPSA) is 88.7 Å². The van der Waals surface area contributed by atoms with E-state index in [1.807, 2.05) is 36.5 Å². The molecule has 3 aromatic rings. The Morgan fingerprint density at radius 1 is 1.03 bits per heavy atom. The van der Waals surface area contributed by atoms with Crippen molar-refractivity contribution >= 4 is 15.9 Å². The summed E-state index contributed by atoms with van der Waals surface area (Å²) in [6.07, 6.45) is 5.53. The van der Waals surface area contributed by atoms with Gasteiger partial charge in [0.1, 0.15) is 5.82 Å². The molecule has 2 aliphatic heterocycles. The normalized spacial score (nSPS) is 18.8. The number of sulfonamides is 1. The van der Waals surface area contributed by atoms with Gasteiger partial charge in [0.05, 0.1) is 29.9 Å². The van der Waals surface area contributed by atoms with Crippen molar-refractivity contribution in [2.24, 2.45) is 0 Å². The number of rotatable bonds is 3. The van der Waals surface area contributed by atoms with Gasteiger partial charge in [0.25, 0.3) is 5.91 Å². The van der Waals surface area contributed by atoms with Crippen LogP contribution in [0.5, 0.6) is 0 Å². The number of aromatic nitrogens is 2. The Kier molecular flexibility index (Phi) is 4.75. The Balaban J connectivity index is 1.52. The number of amides is 1. The molecular formula is C22H24N4O4S. The van der Waals surface area contributed by atoms with Crippen LogP contribution in [0.25, 0.3) is 11.3 Å². The zero-order chi connectivity index (χ0) is 21.6. The maximum atomic E-state index is 12.7. The van der Waals surface area contributed by atoms with Crippen LogP contribution < -0.4 is 0 Å². The molecule has 31 heavy (non-hydrogen) atoms. The number of carbonyl (C=O) groups excluding carboxylic acids is 1. The number of likely N-dealkylation sites (tertiary alicyclic amines) is 1. The summed E-state index contributed by atoms with van der Waals surface area (Å²) < 4.78 is 34.5. The van der Waals surface area contributed by atoms with E-state index in [1.54, 1.807) is 21.3 Å². The van der Waals surface area contributed by atoms with Crippen molar-refractivity contribution in [3.63, 3.8) is 0 Å². The molecule has 1 spiro atoms. The summed E-state index contributed by atoms with van der Waals surface area (Å²) in [6.45, 7) is 1.79. The number of fused-ring (bicyclic) bond motifs is 2. The number of hydrogen-bond acceptors (Lipinski definition) is 5. The van der Waals surface area contributed by atoms with Crippen LogP contribution in [0, 0.1) is 0 Å². The van der Waals surface area contributed by atoms with Crippen molar-refractivity contribution in [1.82, 2.24) is 18.8 Å². The van der Waals surface area contributed by atoms with Crippen LogP contribution in [0.15, 0.2) is 59.3 Å². The van der Waals surface area contributed by atoms with Gasteiger partial charge < -0.3 is 13.9 Å². The molecule has 0 N–H and O–H groups in total. The maximum absolute atomic E-state index is 12.7. The largest absolute Gasteiger partial charge is 0.459 e. The lowest BCUT2D eigenvalue weighted by molar-refractivity contribution is 0.0367. The molecule has 4 heterocycles. The number of piperidine rings is 1. The molecule has 2 aromatic heterocycles. The number of benzene rings is 1. The summed E-state index contributed by atoms with van der Waals surface area (Å²) in [7, 11) is -3.45. The minimum Gasteiger partial charge on any atom is -0.459 e. The number of imidazole rings is 1. The number of hydrogen-bond donors (Lipinski definition) is 0. The molecule has 9 heteroatoms. The Morgan fingerprint density at radius 2 is 1.77 bits per heavy atom. The van der Waals surface area contributed by atoms with Gasteiger partial charge in [0, 0.05) is 26.2 Å². The lowest BCUT2D eigenvalue weighted by Gasteiger charge is -2.49. The fourth-order valence-electron chi connectivity index (χ4n) is 4.92. The van der Waals surface area contributed by atoms with Gasteiger partial charge in [-0.15, -0.1) is 0 Å². The first-order valence-corrected chi connectivity index (χ1v) is 12.2. The van der Waals surface area contributed by atoms with E-state index in [4.69, 9.17) is 9.40 Å². The van der Waals surface area contributed by atoms with E-state index in [1.165, 1.54) is 12.5 Å². The van der Waals surface area contributed by atoms with Crippen LogP contribution in [-0.2, 0) is 22.1 Å². The summed E-state index contributed by atoms with van der Waals surface area (Å²) in [4.78, 5) is 19.2. The van der Waals surface area contributed by atoms with Crippen molar-refractivity contribution in [3.05, 3.63) is 66.5 Å². The number of furan rings is 1. The minimum absolute atomic E-state index is 0.171. The molecule has 0 unspecified atom stereocenters. The molecule has 2 aliphatic rings. The first kappa shape index (κ1) is 20.0. The minimum atomic E-state index is -3.45. The highest BCUT2D eigenvalue weighted by Gasteiger charge is 2.51. The van der Waals surface area contributed by atoms with Crippen LogP contribution in [0.1, 0.15) is 29.2 Å². The fraction of sp³-hybridized carbons (Fsp3) is 0.364. The maximum Gasteiger partial charge on any atom is 0.289 e.